The summed E-state index contributed by atoms with van der Waals surface area (Å²) in [5, 5.41) is 1.16. The molecule has 12 heavy (non-hydrogen) atoms. The Labute approximate surface area is 97.1 Å². The van der Waals surface area contributed by atoms with Crippen LogP contribution < -0.4 is 0 Å². The quantitative estimate of drug-likeness (QED) is 0.634. The van der Waals surface area contributed by atoms with Crippen LogP contribution >= 0.6 is 0 Å². The Hall–Kier alpha value is -0.266. The van der Waals surface area contributed by atoms with Gasteiger partial charge in [-0.15, -0.1) is 11.5 Å². The van der Waals surface area contributed by atoms with Gasteiger partial charge in [0.05, 0.1) is 0 Å². The number of benzene rings is 1. The van der Waals surface area contributed by atoms with Crippen LogP contribution in [0.5, 0.6) is 0 Å². The summed E-state index contributed by atoms with van der Waals surface area (Å²) in [4.78, 5) is 4.17. The molecule has 1 heterocycles. The van der Waals surface area contributed by atoms with Gasteiger partial charge in [-0.25, -0.2) is 12.1 Å². The Morgan fingerprint density at radius 3 is 3.00 bits per heavy atom. The minimum absolute atomic E-state index is 0. The molecule has 1 nitrogen and oxygen atoms in total. The van der Waals surface area contributed by atoms with Gasteiger partial charge in [-0.3, -0.25) is 4.98 Å². The maximum Gasteiger partial charge on any atom is 0 e. The molecule has 1 radical (unpaired) electrons. The van der Waals surface area contributed by atoms with Crippen LogP contribution in [0.25, 0.3) is 10.9 Å². The van der Waals surface area contributed by atoms with Crippen molar-refractivity contribution in [2.45, 2.75) is 6.92 Å². The largest absolute Gasteiger partial charge is 0.296 e. The summed E-state index contributed by atoms with van der Waals surface area (Å²) < 4.78 is 0. The van der Waals surface area contributed by atoms with Gasteiger partial charge in [0, 0.05) is 32.7 Å². The van der Waals surface area contributed by atoms with Crippen molar-refractivity contribution >= 4 is 10.9 Å². The molecule has 0 aliphatic rings. The number of aryl methyl sites for hydroxylation is 1. The number of aromatic nitrogens is 1. The third kappa shape index (κ3) is 1.91. The molecule has 2 heteroatoms. The van der Waals surface area contributed by atoms with Crippen LogP contribution in [0.2, 0.25) is 0 Å². The molecule has 0 atom stereocenters. The number of nitrogens with zero attached hydrogens (tertiary/aromatic N) is 1. The standard InChI is InChI=1S/C10H8N.Y/c1-8-4-5-10-9(7-8)3-2-6-11-10;/h3-7H,1H3;/q-1;. The third-order valence-electron chi connectivity index (χ3n) is 1.70. The van der Waals surface area contributed by atoms with E-state index in [2.05, 4.69) is 30.1 Å². The molecule has 0 N–H and O–H groups in total. The summed E-state index contributed by atoms with van der Waals surface area (Å²) in [6.45, 7) is 2.08. The van der Waals surface area contributed by atoms with Gasteiger partial charge in [-0.05, 0) is 12.4 Å². The van der Waals surface area contributed by atoms with Gasteiger partial charge >= 0.3 is 0 Å². The van der Waals surface area contributed by atoms with E-state index < -0.39 is 0 Å². The average Bonchev–Trinajstić information content (AvgIpc) is 2.04. The van der Waals surface area contributed by atoms with E-state index in [1.54, 1.807) is 6.20 Å². The monoisotopic (exact) mass is 231 g/mol. The van der Waals surface area contributed by atoms with Crippen molar-refractivity contribution in [2.75, 3.05) is 0 Å². The second-order valence-corrected chi connectivity index (χ2v) is 2.63. The van der Waals surface area contributed by atoms with Crippen LogP contribution in [0.4, 0.5) is 0 Å². The minimum Gasteiger partial charge on any atom is -0.296 e. The summed E-state index contributed by atoms with van der Waals surface area (Å²) in [6, 6.07) is 11.1. The maximum atomic E-state index is 4.17. The van der Waals surface area contributed by atoms with E-state index in [1.165, 1.54) is 5.56 Å². The molecule has 0 aliphatic carbocycles. The third-order valence-corrected chi connectivity index (χ3v) is 1.70. The molecule has 57 valence electrons. The number of hydrogen-bond donors (Lipinski definition) is 0. The Morgan fingerprint density at radius 2 is 2.17 bits per heavy atom. The van der Waals surface area contributed by atoms with Crippen molar-refractivity contribution in [3.8, 4) is 0 Å². The number of rotatable bonds is 0. The van der Waals surface area contributed by atoms with E-state index >= 15 is 0 Å². The molecule has 0 amide bonds. The van der Waals surface area contributed by atoms with Gasteiger partial charge in [0.25, 0.3) is 0 Å². The molecular formula is C10H8NY-. The molecule has 0 bridgehead atoms. The van der Waals surface area contributed by atoms with E-state index in [-0.39, 0.29) is 32.7 Å². The Morgan fingerprint density at radius 1 is 1.33 bits per heavy atom. The molecule has 2 rings (SSSR count). The van der Waals surface area contributed by atoms with E-state index in [0.29, 0.717) is 0 Å². The first-order valence-electron chi connectivity index (χ1n) is 3.59. The molecule has 2 aromatic rings. The van der Waals surface area contributed by atoms with Crippen molar-refractivity contribution in [2.24, 2.45) is 0 Å². The number of pyridine rings is 1. The van der Waals surface area contributed by atoms with Gasteiger partial charge in [-0.1, -0.05) is 23.9 Å². The summed E-state index contributed by atoms with van der Waals surface area (Å²) in [7, 11) is 0. The van der Waals surface area contributed by atoms with Crippen molar-refractivity contribution in [1.29, 1.82) is 0 Å². The van der Waals surface area contributed by atoms with Crippen LogP contribution in [0.1, 0.15) is 5.56 Å². The first kappa shape index (κ1) is 9.82. The fourth-order valence-corrected chi connectivity index (χ4v) is 1.14. The molecule has 0 spiro atoms. The van der Waals surface area contributed by atoms with Crippen molar-refractivity contribution < 1.29 is 32.7 Å². The Kier molecular flexibility index (Phi) is 3.36. The second kappa shape index (κ2) is 4.11. The zero-order valence-electron chi connectivity index (χ0n) is 6.91. The predicted octanol–water partition coefficient (Wildman–Crippen LogP) is 2.34. The van der Waals surface area contributed by atoms with E-state index in [4.69, 9.17) is 0 Å². The Bertz CT molecular complexity index is 384. The summed E-state index contributed by atoms with van der Waals surface area (Å²) in [5.41, 5.74) is 2.30. The summed E-state index contributed by atoms with van der Waals surface area (Å²) in [6.07, 6.45) is 1.69. The van der Waals surface area contributed by atoms with Crippen molar-refractivity contribution in [1.82, 2.24) is 4.98 Å². The zero-order valence-corrected chi connectivity index (χ0v) is 9.75. The Balaban J connectivity index is 0.000000720. The molecular weight excluding hydrogens is 223 g/mol. The van der Waals surface area contributed by atoms with Crippen molar-refractivity contribution in [3.63, 3.8) is 0 Å². The van der Waals surface area contributed by atoms with Crippen LogP contribution in [-0.2, 0) is 32.7 Å². The van der Waals surface area contributed by atoms with Crippen LogP contribution in [-0.4, -0.2) is 4.98 Å². The molecule has 1 aromatic heterocycles. The zero-order chi connectivity index (χ0) is 7.68. The topological polar surface area (TPSA) is 12.9 Å². The molecule has 0 aliphatic heterocycles. The fourth-order valence-electron chi connectivity index (χ4n) is 1.14. The van der Waals surface area contributed by atoms with Crippen LogP contribution in [0.15, 0.2) is 30.5 Å². The van der Waals surface area contributed by atoms with Gasteiger partial charge in [-0.2, -0.15) is 0 Å². The van der Waals surface area contributed by atoms with Crippen molar-refractivity contribution in [3.05, 3.63) is 42.1 Å². The fraction of sp³-hybridized carbons (Fsp3) is 0.100. The smallest absolute Gasteiger partial charge is 0 e. The first-order valence-corrected chi connectivity index (χ1v) is 3.59. The first-order chi connectivity index (χ1) is 5.36. The molecule has 0 saturated heterocycles. The average molecular weight is 231 g/mol. The second-order valence-electron chi connectivity index (χ2n) is 2.63. The predicted molar refractivity (Wildman–Crippen MR) is 45.3 cm³/mol. The van der Waals surface area contributed by atoms with Gasteiger partial charge in [0.1, 0.15) is 0 Å². The molecule has 1 aromatic carbocycles. The number of hydrogen-bond acceptors (Lipinski definition) is 1. The van der Waals surface area contributed by atoms with E-state index in [1.807, 2.05) is 12.1 Å². The van der Waals surface area contributed by atoms with Gasteiger partial charge in [0.15, 0.2) is 0 Å². The minimum atomic E-state index is 0. The van der Waals surface area contributed by atoms with Crippen LogP contribution in [0, 0.1) is 13.0 Å². The van der Waals surface area contributed by atoms with E-state index in [9.17, 15) is 0 Å². The van der Waals surface area contributed by atoms with Crippen LogP contribution in [0.3, 0.4) is 0 Å². The molecule has 0 fully saturated rings. The molecule has 0 saturated carbocycles. The number of fused-ring (bicyclic) bond motifs is 1. The maximum absolute atomic E-state index is 4.17. The normalized spacial score (nSPS) is 9.42. The van der Waals surface area contributed by atoms with Gasteiger partial charge < -0.3 is 0 Å². The molecule has 0 unspecified atom stereocenters. The van der Waals surface area contributed by atoms with Gasteiger partial charge in [0.2, 0.25) is 0 Å². The summed E-state index contributed by atoms with van der Waals surface area (Å²) in [5.74, 6) is 0. The SMILES string of the molecule is Cc1ccc2nc[c-]cc2c1.[Y]. The summed E-state index contributed by atoms with van der Waals surface area (Å²) >= 11 is 0. The van der Waals surface area contributed by atoms with E-state index in [0.717, 1.165) is 10.9 Å².